The summed E-state index contributed by atoms with van der Waals surface area (Å²) in [7, 11) is 1.91. The third kappa shape index (κ3) is 4.23. The van der Waals surface area contributed by atoms with Crippen LogP contribution in [-0.2, 0) is 4.79 Å². The first-order valence-electron chi connectivity index (χ1n) is 7.32. The molecule has 1 aromatic rings. The molecule has 0 unspecified atom stereocenters. The van der Waals surface area contributed by atoms with E-state index in [2.05, 4.69) is 5.32 Å². The van der Waals surface area contributed by atoms with Crippen molar-refractivity contribution in [3.63, 3.8) is 0 Å². The molecule has 0 aliphatic carbocycles. The summed E-state index contributed by atoms with van der Waals surface area (Å²) < 4.78 is 5.64. The van der Waals surface area contributed by atoms with E-state index in [0.29, 0.717) is 19.1 Å². The van der Waals surface area contributed by atoms with Crippen LogP contribution in [-0.4, -0.2) is 43.6 Å². The molecule has 4 nitrogen and oxygen atoms in total. The Labute approximate surface area is 121 Å². The lowest BCUT2D eigenvalue weighted by atomic mass is 10.1. The summed E-state index contributed by atoms with van der Waals surface area (Å²) in [6, 6.07) is 8.29. The van der Waals surface area contributed by atoms with Gasteiger partial charge in [0.05, 0.1) is 13.0 Å². The van der Waals surface area contributed by atoms with Gasteiger partial charge in [0.25, 0.3) is 0 Å². The molecule has 2 rings (SSSR count). The quantitative estimate of drug-likeness (QED) is 0.894. The average Bonchev–Trinajstić information content (AvgIpc) is 2.47. The van der Waals surface area contributed by atoms with Crippen LogP contribution in [0, 0.1) is 6.92 Å². The highest BCUT2D eigenvalue weighted by Crippen LogP contribution is 2.14. The maximum atomic E-state index is 12.1. The Morgan fingerprint density at radius 3 is 2.85 bits per heavy atom. The summed E-state index contributed by atoms with van der Waals surface area (Å²) >= 11 is 0. The van der Waals surface area contributed by atoms with Crippen LogP contribution in [0.3, 0.4) is 0 Å². The van der Waals surface area contributed by atoms with Gasteiger partial charge in [0.15, 0.2) is 0 Å². The molecule has 0 saturated carbocycles. The summed E-state index contributed by atoms with van der Waals surface area (Å²) in [6.07, 6.45) is 2.52. The van der Waals surface area contributed by atoms with Crippen molar-refractivity contribution < 1.29 is 9.53 Å². The highest BCUT2D eigenvalue weighted by atomic mass is 16.5. The highest BCUT2D eigenvalue weighted by molar-refractivity contribution is 5.76. The van der Waals surface area contributed by atoms with Gasteiger partial charge in [-0.1, -0.05) is 12.1 Å². The molecule has 1 aromatic carbocycles. The Morgan fingerprint density at radius 2 is 2.15 bits per heavy atom. The van der Waals surface area contributed by atoms with E-state index in [-0.39, 0.29) is 5.91 Å². The molecule has 0 radical (unpaired) electrons. The SMILES string of the molecule is Cc1cccc(OCCC(=O)N(C)C2CCNCC2)c1. The van der Waals surface area contributed by atoms with Crippen LogP contribution >= 0.6 is 0 Å². The van der Waals surface area contributed by atoms with E-state index < -0.39 is 0 Å². The lowest BCUT2D eigenvalue weighted by molar-refractivity contribution is -0.132. The maximum absolute atomic E-state index is 12.1. The van der Waals surface area contributed by atoms with Crippen LogP contribution in [0.5, 0.6) is 5.75 Å². The van der Waals surface area contributed by atoms with Crippen molar-refractivity contribution >= 4 is 5.91 Å². The van der Waals surface area contributed by atoms with Crippen molar-refractivity contribution in [1.29, 1.82) is 0 Å². The van der Waals surface area contributed by atoms with Crippen LogP contribution in [0.15, 0.2) is 24.3 Å². The normalized spacial score (nSPS) is 15.9. The molecule has 110 valence electrons. The Bertz CT molecular complexity index is 442. The van der Waals surface area contributed by atoms with Crippen LogP contribution < -0.4 is 10.1 Å². The largest absolute Gasteiger partial charge is 0.493 e. The lowest BCUT2D eigenvalue weighted by Gasteiger charge is -2.31. The number of carbonyl (C=O) groups is 1. The van der Waals surface area contributed by atoms with Gasteiger partial charge in [-0.15, -0.1) is 0 Å². The van der Waals surface area contributed by atoms with Crippen LogP contribution in [0.4, 0.5) is 0 Å². The van der Waals surface area contributed by atoms with Crippen LogP contribution in [0.1, 0.15) is 24.8 Å². The number of carbonyl (C=O) groups excluding carboxylic acids is 1. The minimum Gasteiger partial charge on any atom is -0.493 e. The first-order valence-corrected chi connectivity index (χ1v) is 7.32. The van der Waals surface area contributed by atoms with Crippen molar-refractivity contribution in [3.8, 4) is 5.75 Å². The number of nitrogens with zero attached hydrogens (tertiary/aromatic N) is 1. The van der Waals surface area contributed by atoms with Gasteiger partial charge < -0.3 is 15.0 Å². The second kappa shape index (κ2) is 7.29. The van der Waals surface area contributed by atoms with Crippen molar-refractivity contribution in [1.82, 2.24) is 10.2 Å². The summed E-state index contributed by atoms with van der Waals surface area (Å²) in [5.41, 5.74) is 1.17. The molecular weight excluding hydrogens is 252 g/mol. The number of aryl methyl sites for hydroxylation is 1. The molecular formula is C16H24N2O2. The van der Waals surface area contributed by atoms with Gasteiger partial charge in [-0.2, -0.15) is 0 Å². The number of amides is 1. The molecule has 20 heavy (non-hydrogen) atoms. The first kappa shape index (κ1) is 14.9. The van der Waals surface area contributed by atoms with Gasteiger partial charge >= 0.3 is 0 Å². The second-order valence-electron chi connectivity index (χ2n) is 5.40. The van der Waals surface area contributed by atoms with Gasteiger partial charge in [0.1, 0.15) is 5.75 Å². The van der Waals surface area contributed by atoms with E-state index in [1.54, 1.807) is 0 Å². The van der Waals surface area contributed by atoms with E-state index in [1.165, 1.54) is 5.56 Å². The molecule has 1 fully saturated rings. The average molecular weight is 276 g/mol. The van der Waals surface area contributed by atoms with E-state index in [4.69, 9.17) is 4.74 Å². The second-order valence-corrected chi connectivity index (χ2v) is 5.40. The molecule has 1 aliphatic rings. The predicted molar refractivity (Wildman–Crippen MR) is 80.0 cm³/mol. The fraction of sp³-hybridized carbons (Fsp3) is 0.562. The van der Waals surface area contributed by atoms with Gasteiger partial charge in [-0.05, 0) is 50.6 Å². The molecule has 4 heteroatoms. The van der Waals surface area contributed by atoms with Gasteiger partial charge in [0, 0.05) is 13.1 Å². The molecule has 1 N–H and O–H groups in total. The highest BCUT2D eigenvalue weighted by Gasteiger charge is 2.21. The Balaban J connectivity index is 1.74. The maximum Gasteiger partial charge on any atom is 0.225 e. The topological polar surface area (TPSA) is 41.6 Å². The van der Waals surface area contributed by atoms with E-state index in [0.717, 1.165) is 31.7 Å². The van der Waals surface area contributed by atoms with Gasteiger partial charge in [-0.3, -0.25) is 4.79 Å². The number of benzene rings is 1. The zero-order chi connectivity index (χ0) is 14.4. The van der Waals surface area contributed by atoms with E-state index in [9.17, 15) is 4.79 Å². The van der Waals surface area contributed by atoms with Gasteiger partial charge in [-0.25, -0.2) is 0 Å². The zero-order valence-corrected chi connectivity index (χ0v) is 12.4. The zero-order valence-electron chi connectivity index (χ0n) is 12.4. The molecule has 0 bridgehead atoms. The minimum absolute atomic E-state index is 0.171. The van der Waals surface area contributed by atoms with Crippen LogP contribution in [0.2, 0.25) is 0 Å². The number of rotatable bonds is 5. The monoisotopic (exact) mass is 276 g/mol. The van der Waals surface area contributed by atoms with Crippen molar-refractivity contribution in [3.05, 3.63) is 29.8 Å². The molecule has 1 amide bonds. The number of ether oxygens (including phenoxy) is 1. The lowest BCUT2D eigenvalue weighted by Crippen LogP contribution is -2.44. The minimum atomic E-state index is 0.171. The summed E-state index contributed by atoms with van der Waals surface area (Å²) in [5.74, 6) is 1.01. The fourth-order valence-electron chi connectivity index (χ4n) is 2.54. The van der Waals surface area contributed by atoms with Crippen molar-refractivity contribution in [2.24, 2.45) is 0 Å². The Morgan fingerprint density at radius 1 is 1.40 bits per heavy atom. The molecule has 1 aliphatic heterocycles. The summed E-state index contributed by atoms with van der Waals surface area (Å²) in [4.78, 5) is 14.0. The summed E-state index contributed by atoms with van der Waals surface area (Å²) in [5, 5.41) is 3.32. The molecule has 1 saturated heterocycles. The number of piperidine rings is 1. The predicted octanol–water partition coefficient (Wildman–Crippen LogP) is 1.97. The van der Waals surface area contributed by atoms with E-state index >= 15 is 0 Å². The van der Waals surface area contributed by atoms with Crippen LogP contribution in [0.25, 0.3) is 0 Å². The summed E-state index contributed by atoms with van der Waals surface area (Å²) in [6.45, 7) is 4.48. The number of hydrogen-bond donors (Lipinski definition) is 1. The van der Waals surface area contributed by atoms with Crippen molar-refractivity contribution in [2.75, 3.05) is 26.7 Å². The first-order chi connectivity index (χ1) is 9.66. The third-order valence-electron chi connectivity index (χ3n) is 3.82. The molecule has 0 aromatic heterocycles. The van der Waals surface area contributed by atoms with Crippen molar-refractivity contribution in [2.45, 2.75) is 32.2 Å². The molecule has 1 heterocycles. The van der Waals surface area contributed by atoms with Gasteiger partial charge in [0.2, 0.25) is 5.91 Å². The van der Waals surface area contributed by atoms with E-state index in [1.807, 2.05) is 43.1 Å². The number of hydrogen-bond acceptors (Lipinski definition) is 3. The third-order valence-corrected chi connectivity index (χ3v) is 3.82. The smallest absolute Gasteiger partial charge is 0.225 e. The fourth-order valence-corrected chi connectivity index (χ4v) is 2.54. The Hall–Kier alpha value is -1.55. The Kier molecular flexibility index (Phi) is 5.41. The molecule has 0 spiro atoms. The standard InChI is InChI=1S/C16H24N2O2/c1-13-4-3-5-15(12-13)20-11-8-16(19)18(2)14-6-9-17-10-7-14/h3-5,12,14,17H,6-11H2,1-2H3. The molecule has 0 atom stereocenters. The number of nitrogens with one attached hydrogen (secondary N) is 1.